The normalized spacial score (nSPS) is 25.6. The summed E-state index contributed by atoms with van der Waals surface area (Å²) in [6, 6.07) is 5.61. The number of allylic oxidation sites excluding steroid dienone is 2. The number of benzene rings is 1. The van der Waals surface area contributed by atoms with Crippen molar-refractivity contribution in [3.8, 4) is 0 Å². The van der Waals surface area contributed by atoms with Crippen LogP contribution in [-0.4, -0.2) is 11.7 Å². The van der Waals surface area contributed by atoms with Gasteiger partial charge in [-0.3, -0.25) is 0 Å². The van der Waals surface area contributed by atoms with E-state index in [4.69, 9.17) is 5.53 Å². The Morgan fingerprint density at radius 3 is 2.95 bits per heavy atom. The van der Waals surface area contributed by atoms with Crippen molar-refractivity contribution in [1.82, 2.24) is 0 Å². The molecule has 0 bridgehead atoms. The molecule has 19 heavy (non-hydrogen) atoms. The van der Waals surface area contributed by atoms with Crippen LogP contribution in [-0.2, 0) is 6.42 Å². The highest BCUT2D eigenvalue weighted by Crippen LogP contribution is 2.34. The molecule has 2 rings (SSSR count). The van der Waals surface area contributed by atoms with Gasteiger partial charge >= 0.3 is 0 Å². The highest BCUT2D eigenvalue weighted by Gasteiger charge is 2.40. The van der Waals surface area contributed by atoms with E-state index in [0.29, 0.717) is 5.56 Å². The topological polar surface area (TPSA) is 48.8 Å². The van der Waals surface area contributed by atoms with Crippen molar-refractivity contribution in [3.05, 3.63) is 68.8 Å². The summed E-state index contributed by atoms with van der Waals surface area (Å²) in [4.78, 5) is 2.53. The minimum atomic E-state index is -2.05. The first kappa shape index (κ1) is 13.8. The molecule has 0 saturated carbocycles. The van der Waals surface area contributed by atoms with Gasteiger partial charge in [0.1, 0.15) is 17.5 Å². The molecule has 98 valence electrons. The van der Waals surface area contributed by atoms with Gasteiger partial charge in [0, 0.05) is 15.8 Å². The van der Waals surface area contributed by atoms with Crippen LogP contribution in [0.25, 0.3) is 10.4 Å². The SMILES string of the molecule is [N-]=[N+]=N[C@H]1C(F)=CC=C[C@@]1(F)Cc1cccc(Br)c1. The Morgan fingerprint density at radius 1 is 1.47 bits per heavy atom. The van der Waals surface area contributed by atoms with Gasteiger partial charge in [-0.2, -0.15) is 0 Å². The molecule has 0 aliphatic heterocycles. The molecule has 0 amide bonds. The van der Waals surface area contributed by atoms with Gasteiger partial charge in [0.05, 0.1) is 0 Å². The summed E-state index contributed by atoms with van der Waals surface area (Å²) >= 11 is 3.29. The van der Waals surface area contributed by atoms with Gasteiger partial charge in [-0.1, -0.05) is 39.3 Å². The van der Waals surface area contributed by atoms with Crippen molar-refractivity contribution in [3.63, 3.8) is 0 Å². The maximum atomic E-state index is 14.8. The van der Waals surface area contributed by atoms with E-state index in [2.05, 4.69) is 26.0 Å². The molecule has 0 N–H and O–H groups in total. The first-order valence-corrected chi connectivity index (χ1v) is 6.37. The summed E-state index contributed by atoms with van der Waals surface area (Å²) in [6.07, 6.45) is 3.58. The first-order chi connectivity index (χ1) is 9.05. The van der Waals surface area contributed by atoms with Gasteiger partial charge < -0.3 is 0 Å². The molecule has 0 saturated heterocycles. The van der Waals surface area contributed by atoms with Gasteiger partial charge in [-0.25, -0.2) is 8.78 Å². The molecule has 0 unspecified atom stereocenters. The zero-order valence-corrected chi connectivity index (χ0v) is 11.4. The molecule has 6 heteroatoms. The summed E-state index contributed by atoms with van der Waals surface area (Å²) in [7, 11) is 0. The number of alkyl halides is 1. The molecule has 1 aromatic carbocycles. The van der Waals surface area contributed by atoms with Crippen molar-refractivity contribution in [2.24, 2.45) is 5.11 Å². The van der Waals surface area contributed by atoms with Crippen LogP contribution in [0.5, 0.6) is 0 Å². The average Bonchev–Trinajstić information content (AvgIpc) is 2.34. The molecular formula is C13H10BrF2N3. The van der Waals surface area contributed by atoms with Gasteiger partial charge in [0.25, 0.3) is 0 Å². The molecular weight excluding hydrogens is 316 g/mol. The van der Waals surface area contributed by atoms with E-state index in [-0.39, 0.29) is 6.42 Å². The van der Waals surface area contributed by atoms with E-state index in [9.17, 15) is 8.78 Å². The van der Waals surface area contributed by atoms with E-state index < -0.39 is 17.5 Å². The van der Waals surface area contributed by atoms with Gasteiger partial charge in [0.2, 0.25) is 0 Å². The Bertz CT molecular complexity index is 593. The van der Waals surface area contributed by atoms with Crippen LogP contribution < -0.4 is 0 Å². The van der Waals surface area contributed by atoms with E-state index in [1.165, 1.54) is 12.2 Å². The highest BCUT2D eigenvalue weighted by atomic mass is 79.9. The Labute approximate surface area is 117 Å². The van der Waals surface area contributed by atoms with Crippen LogP contribution in [0.15, 0.2) is 57.9 Å². The van der Waals surface area contributed by atoms with E-state index in [1.807, 2.05) is 6.07 Å². The third-order valence-corrected chi connectivity index (χ3v) is 3.37. The van der Waals surface area contributed by atoms with Gasteiger partial charge in [-0.05, 0) is 35.4 Å². The third kappa shape index (κ3) is 3.03. The summed E-state index contributed by atoms with van der Waals surface area (Å²) in [6.45, 7) is 0. The van der Waals surface area contributed by atoms with E-state index in [0.717, 1.165) is 10.5 Å². The first-order valence-electron chi connectivity index (χ1n) is 5.57. The van der Waals surface area contributed by atoms with E-state index >= 15 is 0 Å². The number of halogens is 3. The van der Waals surface area contributed by atoms with Crippen molar-refractivity contribution in [2.45, 2.75) is 18.1 Å². The van der Waals surface area contributed by atoms with Crippen LogP contribution in [0.4, 0.5) is 8.78 Å². The summed E-state index contributed by atoms with van der Waals surface area (Å²) in [5.41, 5.74) is 7.08. The molecule has 0 heterocycles. The van der Waals surface area contributed by atoms with Crippen LogP contribution in [0.3, 0.4) is 0 Å². The number of hydrogen-bond acceptors (Lipinski definition) is 1. The average molecular weight is 326 g/mol. The standard InChI is InChI=1S/C13H10BrF2N3/c14-10-4-1-3-9(7-10)8-13(16)6-2-5-11(15)12(13)18-19-17/h1-7,12H,8H2/t12-,13+/m0/s1. The molecule has 1 aromatic rings. The van der Waals surface area contributed by atoms with E-state index in [1.54, 1.807) is 18.2 Å². The Morgan fingerprint density at radius 2 is 2.26 bits per heavy atom. The van der Waals surface area contributed by atoms with Crippen LogP contribution in [0.2, 0.25) is 0 Å². The lowest BCUT2D eigenvalue weighted by atomic mass is 9.85. The Hall–Kier alpha value is -1.65. The van der Waals surface area contributed by atoms with Crippen LogP contribution >= 0.6 is 15.9 Å². The molecule has 0 aromatic heterocycles. The zero-order valence-electron chi connectivity index (χ0n) is 9.80. The predicted octanol–water partition coefficient (Wildman–Crippen LogP) is 4.80. The fraction of sp³-hybridized carbons (Fsp3) is 0.231. The van der Waals surface area contributed by atoms with Crippen LogP contribution in [0.1, 0.15) is 5.56 Å². The molecule has 0 fully saturated rings. The molecule has 2 atom stereocenters. The maximum Gasteiger partial charge on any atom is 0.148 e. The highest BCUT2D eigenvalue weighted by molar-refractivity contribution is 9.10. The Kier molecular flexibility index (Phi) is 4.02. The maximum absolute atomic E-state index is 14.8. The Balaban J connectivity index is 2.33. The third-order valence-electron chi connectivity index (χ3n) is 2.88. The van der Waals surface area contributed by atoms with Crippen molar-refractivity contribution >= 4 is 15.9 Å². The summed E-state index contributed by atoms with van der Waals surface area (Å²) in [5, 5.41) is 3.24. The fourth-order valence-corrected chi connectivity index (χ4v) is 2.48. The minimum Gasteiger partial charge on any atom is -0.238 e. The van der Waals surface area contributed by atoms with Crippen molar-refractivity contribution in [2.75, 3.05) is 0 Å². The minimum absolute atomic E-state index is 0.0616. The lowest BCUT2D eigenvalue weighted by molar-refractivity contribution is 0.184. The molecule has 0 spiro atoms. The quantitative estimate of drug-likeness (QED) is 0.435. The lowest BCUT2D eigenvalue weighted by Crippen LogP contribution is -2.38. The number of rotatable bonds is 3. The molecule has 1 aliphatic rings. The summed E-state index contributed by atoms with van der Waals surface area (Å²) in [5.74, 6) is -0.766. The molecule has 0 radical (unpaired) electrons. The summed E-state index contributed by atoms with van der Waals surface area (Å²) < 4.78 is 29.3. The van der Waals surface area contributed by atoms with Gasteiger partial charge in [0.15, 0.2) is 0 Å². The molecule has 1 aliphatic carbocycles. The predicted molar refractivity (Wildman–Crippen MR) is 73.0 cm³/mol. The number of azide groups is 1. The second-order valence-electron chi connectivity index (χ2n) is 4.25. The monoisotopic (exact) mass is 325 g/mol. The second-order valence-corrected chi connectivity index (χ2v) is 5.17. The van der Waals surface area contributed by atoms with Gasteiger partial charge in [-0.15, -0.1) is 0 Å². The largest absolute Gasteiger partial charge is 0.238 e. The second kappa shape index (κ2) is 5.55. The number of hydrogen-bond donors (Lipinski definition) is 0. The van der Waals surface area contributed by atoms with Crippen LogP contribution in [0, 0.1) is 0 Å². The number of nitrogens with zero attached hydrogens (tertiary/aromatic N) is 3. The zero-order chi connectivity index (χ0) is 13.9. The fourth-order valence-electron chi connectivity index (χ4n) is 2.03. The van der Waals surface area contributed by atoms with Crippen molar-refractivity contribution < 1.29 is 8.78 Å². The molecule has 3 nitrogen and oxygen atoms in total. The smallest absolute Gasteiger partial charge is 0.148 e. The van der Waals surface area contributed by atoms with Crippen molar-refractivity contribution in [1.29, 1.82) is 0 Å². The lowest BCUT2D eigenvalue weighted by Gasteiger charge is -2.29.